The number of carbonyl (C=O) groups excluding carboxylic acids is 2. The van der Waals surface area contributed by atoms with Crippen molar-refractivity contribution in [1.82, 2.24) is 5.32 Å². The summed E-state index contributed by atoms with van der Waals surface area (Å²) in [5.41, 5.74) is 5.45. The summed E-state index contributed by atoms with van der Waals surface area (Å²) in [5.74, 6) is -2.05. The largest absolute Gasteiger partial charge is 0.467 e. The van der Waals surface area contributed by atoms with Gasteiger partial charge in [0.2, 0.25) is 0 Å². The van der Waals surface area contributed by atoms with Crippen LogP contribution in [0, 0.1) is 0 Å². The molecule has 0 aliphatic carbocycles. The van der Waals surface area contributed by atoms with Crippen molar-refractivity contribution in [2.75, 3.05) is 20.2 Å². The maximum Gasteiger partial charge on any atom is 0.337 e. The summed E-state index contributed by atoms with van der Waals surface area (Å²) in [5, 5.41) is 41.0. The molecule has 0 saturated carbocycles. The Balaban J connectivity index is 3.78. The van der Waals surface area contributed by atoms with Crippen LogP contribution in [0.25, 0.3) is 0 Å². The zero-order chi connectivity index (χ0) is 21.4. The van der Waals surface area contributed by atoms with Crippen molar-refractivity contribution in [3.05, 3.63) is 0 Å². The van der Waals surface area contributed by atoms with Gasteiger partial charge in [-0.1, -0.05) is 51.4 Å². The SMILES string of the molecule is COC(=O)[C@H](O)[C@@H](O)[C@H](O)[C@H](O)C(=O)NCCCCCCCCCCCCN. The molecule has 0 heterocycles. The van der Waals surface area contributed by atoms with Gasteiger partial charge < -0.3 is 36.2 Å². The molecule has 9 nitrogen and oxygen atoms in total. The molecule has 0 unspecified atom stereocenters. The third-order valence-electron chi connectivity index (χ3n) is 4.64. The molecule has 7 N–H and O–H groups in total. The molecule has 0 aliphatic heterocycles. The molecule has 0 spiro atoms. The molecule has 0 aliphatic rings. The van der Waals surface area contributed by atoms with Gasteiger partial charge in [0.15, 0.2) is 12.2 Å². The van der Waals surface area contributed by atoms with Crippen LogP contribution in [0.15, 0.2) is 0 Å². The van der Waals surface area contributed by atoms with Crippen LogP contribution in [0.2, 0.25) is 0 Å². The van der Waals surface area contributed by atoms with Crippen molar-refractivity contribution in [2.45, 2.75) is 88.6 Å². The summed E-state index contributed by atoms with van der Waals surface area (Å²) in [6.07, 6.45) is 3.02. The van der Waals surface area contributed by atoms with Crippen LogP contribution in [-0.4, -0.2) is 76.9 Å². The Kier molecular flexibility index (Phi) is 15.9. The first kappa shape index (κ1) is 26.7. The first-order chi connectivity index (χ1) is 13.4. The number of hydrogen-bond acceptors (Lipinski definition) is 8. The second-order valence-electron chi connectivity index (χ2n) is 7.01. The van der Waals surface area contributed by atoms with Gasteiger partial charge >= 0.3 is 5.97 Å². The summed E-state index contributed by atoms with van der Waals surface area (Å²) < 4.78 is 4.23. The maximum absolute atomic E-state index is 11.8. The number of unbranched alkanes of at least 4 members (excludes halogenated alkanes) is 9. The van der Waals surface area contributed by atoms with Gasteiger partial charge in [0.1, 0.15) is 12.2 Å². The van der Waals surface area contributed by atoms with E-state index in [0.29, 0.717) is 6.54 Å². The highest BCUT2D eigenvalue weighted by molar-refractivity contribution is 5.81. The molecule has 0 bridgehead atoms. The van der Waals surface area contributed by atoms with Gasteiger partial charge in [-0.2, -0.15) is 0 Å². The first-order valence-corrected chi connectivity index (χ1v) is 10.1. The number of esters is 1. The topological polar surface area (TPSA) is 162 Å². The lowest BCUT2D eigenvalue weighted by Crippen LogP contribution is -2.52. The van der Waals surface area contributed by atoms with Gasteiger partial charge in [-0.15, -0.1) is 0 Å². The fourth-order valence-electron chi connectivity index (χ4n) is 2.79. The molecule has 0 aromatic rings. The molecule has 0 aromatic carbocycles. The number of nitrogens with one attached hydrogen (secondary N) is 1. The highest BCUT2D eigenvalue weighted by Crippen LogP contribution is 2.10. The van der Waals surface area contributed by atoms with Gasteiger partial charge in [0.05, 0.1) is 7.11 Å². The van der Waals surface area contributed by atoms with Gasteiger partial charge in [0.25, 0.3) is 5.91 Å². The minimum atomic E-state index is -2.05. The van der Waals surface area contributed by atoms with Crippen molar-refractivity contribution in [1.29, 1.82) is 0 Å². The zero-order valence-electron chi connectivity index (χ0n) is 16.9. The molecule has 1 amide bonds. The van der Waals surface area contributed by atoms with Crippen molar-refractivity contribution in [3.63, 3.8) is 0 Å². The van der Waals surface area contributed by atoms with E-state index in [4.69, 9.17) is 5.73 Å². The molecule has 4 atom stereocenters. The minimum absolute atomic E-state index is 0.331. The molecule has 0 saturated heterocycles. The molecular formula is C19H38N2O7. The van der Waals surface area contributed by atoms with Gasteiger partial charge in [-0.25, -0.2) is 4.79 Å². The van der Waals surface area contributed by atoms with E-state index in [0.717, 1.165) is 45.8 Å². The van der Waals surface area contributed by atoms with Crippen LogP contribution in [0.5, 0.6) is 0 Å². The highest BCUT2D eigenvalue weighted by atomic mass is 16.5. The Labute approximate surface area is 167 Å². The van der Waals surface area contributed by atoms with Crippen molar-refractivity contribution < 1.29 is 34.8 Å². The van der Waals surface area contributed by atoms with Crippen molar-refractivity contribution >= 4 is 11.9 Å². The molecule has 0 rings (SSSR count). The van der Waals surface area contributed by atoms with E-state index in [1.807, 2.05) is 0 Å². The van der Waals surface area contributed by atoms with E-state index in [2.05, 4.69) is 10.1 Å². The second-order valence-corrected chi connectivity index (χ2v) is 7.01. The third-order valence-corrected chi connectivity index (χ3v) is 4.64. The standard InChI is InChI=1S/C19H38N2O7/c1-28-19(27)17(25)15(23)14(22)16(24)18(26)21-13-11-9-7-5-3-2-4-6-8-10-12-20/h14-17,22-25H,2-13,20H2,1H3,(H,21,26)/t14-,15-,16-,17+/m0/s1. The van der Waals surface area contributed by atoms with Gasteiger partial charge in [-0.3, -0.25) is 4.79 Å². The summed E-state index contributed by atoms with van der Waals surface area (Å²) in [7, 11) is 0.997. The molecular weight excluding hydrogens is 368 g/mol. The van der Waals surface area contributed by atoms with Crippen LogP contribution in [-0.2, 0) is 14.3 Å². The predicted molar refractivity (Wildman–Crippen MR) is 104 cm³/mol. The Bertz CT molecular complexity index is 423. The van der Waals surface area contributed by atoms with Gasteiger partial charge in [-0.05, 0) is 19.4 Å². The summed E-state index contributed by atoms with van der Waals surface area (Å²) in [6.45, 7) is 1.10. The lowest BCUT2D eigenvalue weighted by atomic mass is 10.0. The molecule has 28 heavy (non-hydrogen) atoms. The lowest BCUT2D eigenvalue weighted by Gasteiger charge is -2.24. The van der Waals surface area contributed by atoms with E-state index in [9.17, 15) is 30.0 Å². The monoisotopic (exact) mass is 406 g/mol. The highest BCUT2D eigenvalue weighted by Gasteiger charge is 2.37. The summed E-state index contributed by atoms with van der Waals surface area (Å²) >= 11 is 0. The van der Waals surface area contributed by atoms with Crippen LogP contribution in [0.1, 0.15) is 64.2 Å². The Morgan fingerprint density at radius 2 is 1.21 bits per heavy atom. The number of methoxy groups -OCH3 is 1. The third kappa shape index (κ3) is 11.6. The Hall–Kier alpha value is -1.26. The molecule has 0 aromatic heterocycles. The summed E-state index contributed by atoms with van der Waals surface area (Å²) in [6, 6.07) is 0. The van der Waals surface area contributed by atoms with Crippen LogP contribution in [0.4, 0.5) is 0 Å². The van der Waals surface area contributed by atoms with E-state index in [1.165, 1.54) is 32.1 Å². The fraction of sp³-hybridized carbons (Fsp3) is 0.895. The number of rotatable bonds is 17. The van der Waals surface area contributed by atoms with E-state index >= 15 is 0 Å². The van der Waals surface area contributed by atoms with Crippen LogP contribution in [0.3, 0.4) is 0 Å². The average Bonchev–Trinajstić information content (AvgIpc) is 2.71. The smallest absolute Gasteiger partial charge is 0.337 e. The molecule has 166 valence electrons. The van der Waals surface area contributed by atoms with Crippen molar-refractivity contribution in [2.24, 2.45) is 5.73 Å². The molecule has 9 heteroatoms. The number of carbonyl (C=O) groups is 2. The van der Waals surface area contributed by atoms with Crippen molar-refractivity contribution in [3.8, 4) is 0 Å². The molecule has 0 fully saturated rings. The average molecular weight is 407 g/mol. The van der Waals surface area contributed by atoms with Gasteiger partial charge in [0, 0.05) is 6.54 Å². The number of aliphatic hydroxyl groups is 4. The zero-order valence-corrected chi connectivity index (χ0v) is 16.9. The lowest BCUT2D eigenvalue weighted by molar-refractivity contribution is -0.169. The maximum atomic E-state index is 11.8. The normalized spacial score (nSPS) is 15.5. The first-order valence-electron chi connectivity index (χ1n) is 10.1. The quantitative estimate of drug-likeness (QED) is 0.140. The number of ether oxygens (including phenoxy) is 1. The Morgan fingerprint density at radius 1 is 0.786 bits per heavy atom. The van der Waals surface area contributed by atoms with E-state index in [-0.39, 0.29) is 0 Å². The fourth-order valence-corrected chi connectivity index (χ4v) is 2.79. The number of amides is 1. The number of nitrogens with two attached hydrogens (primary N) is 1. The van der Waals surface area contributed by atoms with Crippen LogP contribution >= 0.6 is 0 Å². The predicted octanol–water partition coefficient (Wildman–Crippen LogP) is -0.421. The summed E-state index contributed by atoms with van der Waals surface area (Å²) in [4.78, 5) is 22.9. The number of hydrogen-bond donors (Lipinski definition) is 6. The number of aliphatic hydroxyl groups excluding tert-OH is 4. The Morgan fingerprint density at radius 3 is 1.68 bits per heavy atom. The molecule has 0 radical (unpaired) electrons. The van der Waals surface area contributed by atoms with Crippen LogP contribution < -0.4 is 11.1 Å². The second kappa shape index (κ2) is 16.7. The minimum Gasteiger partial charge on any atom is -0.467 e. The van der Waals surface area contributed by atoms with E-state index in [1.54, 1.807) is 0 Å². The van der Waals surface area contributed by atoms with E-state index < -0.39 is 36.3 Å².